The molecule has 5 rings (SSSR count). The number of amides is 3. The number of carbonyl (C=O) groups excluding carboxylic acids is 3. The molecular formula is C30H39N5O5. The SMILES string of the molecule is Cc1cc(NC(=O)CN2CC[C@@H]3NC(=O)[C@H](Cc4ccccc4)NC(=O)C4(C/C=C/C[C@@H]3C2)CCOCC4)no1. The number of hydrogen-bond donors (Lipinski definition) is 3. The summed E-state index contributed by atoms with van der Waals surface area (Å²) < 4.78 is 10.6. The van der Waals surface area contributed by atoms with E-state index in [1.165, 1.54) is 0 Å². The molecule has 3 aliphatic rings. The minimum Gasteiger partial charge on any atom is -0.381 e. The second kappa shape index (κ2) is 12.8. The summed E-state index contributed by atoms with van der Waals surface area (Å²) in [5.41, 5.74) is 0.411. The molecule has 1 aromatic carbocycles. The second-order valence-electron chi connectivity index (χ2n) is 11.3. The minimum atomic E-state index is -0.673. The van der Waals surface area contributed by atoms with E-state index >= 15 is 0 Å². The van der Waals surface area contributed by atoms with Crippen LogP contribution in [0, 0.1) is 18.3 Å². The Kier molecular flexibility index (Phi) is 8.96. The van der Waals surface area contributed by atoms with E-state index in [0.29, 0.717) is 70.0 Å². The first-order valence-electron chi connectivity index (χ1n) is 14.2. The molecule has 10 nitrogen and oxygen atoms in total. The van der Waals surface area contributed by atoms with Crippen molar-refractivity contribution in [1.29, 1.82) is 0 Å². The number of carbonyl (C=O) groups is 3. The lowest BCUT2D eigenvalue weighted by Gasteiger charge is -2.40. The van der Waals surface area contributed by atoms with Crippen LogP contribution in [0.4, 0.5) is 5.82 Å². The molecule has 3 aliphatic heterocycles. The first-order chi connectivity index (χ1) is 19.4. The van der Waals surface area contributed by atoms with Gasteiger partial charge in [-0.05, 0) is 50.5 Å². The summed E-state index contributed by atoms with van der Waals surface area (Å²) in [5, 5.41) is 13.0. The Labute approximate surface area is 234 Å². The number of rotatable bonds is 5. The van der Waals surface area contributed by atoms with Crippen molar-refractivity contribution < 1.29 is 23.6 Å². The molecule has 2 fully saturated rings. The van der Waals surface area contributed by atoms with Crippen molar-refractivity contribution in [3.05, 3.63) is 59.9 Å². The van der Waals surface area contributed by atoms with Crippen molar-refractivity contribution in [3.63, 3.8) is 0 Å². The molecule has 0 aliphatic carbocycles. The molecule has 3 amide bonds. The second-order valence-corrected chi connectivity index (χ2v) is 11.3. The van der Waals surface area contributed by atoms with E-state index in [4.69, 9.17) is 9.26 Å². The van der Waals surface area contributed by atoms with Crippen LogP contribution in [0.15, 0.2) is 53.1 Å². The van der Waals surface area contributed by atoms with Crippen LogP contribution >= 0.6 is 0 Å². The molecule has 0 bridgehead atoms. The fourth-order valence-electron chi connectivity index (χ4n) is 6.01. The van der Waals surface area contributed by atoms with Crippen molar-refractivity contribution in [1.82, 2.24) is 20.7 Å². The Bertz CT molecular complexity index is 1210. The summed E-state index contributed by atoms with van der Waals surface area (Å²) in [4.78, 5) is 42.2. The number of likely N-dealkylation sites (tertiary alicyclic amines) is 1. The molecule has 214 valence electrons. The van der Waals surface area contributed by atoms with Crippen LogP contribution in [0.2, 0.25) is 0 Å². The zero-order valence-electron chi connectivity index (χ0n) is 23.1. The lowest BCUT2D eigenvalue weighted by molar-refractivity contribution is -0.140. The van der Waals surface area contributed by atoms with Gasteiger partial charge in [0.15, 0.2) is 5.82 Å². The third kappa shape index (κ3) is 6.98. The summed E-state index contributed by atoms with van der Waals surface area (Å²) >= 11 is 0. The summed E-state index contributed by atoms with van der Waals surface area (Å²) in [7, 11) is 0. The van der Waals surface area contributed by atoms with Gasteiger partial charge in [-0.2, -0.15) is 0 Å². The standard InChI is InChI=1S/C30H39N5O5/c1-21-17-26(34-40-21)33-27(36)20-35-14-10-24-23(19-35)9-5-6-11-30(12-15-39-16-13-30)29(38)32-25(28(37)31-24)18-22-7-3-2-4-8-22/h2-8,17,23-25H,9-16,18-20H2,1H3,(H,31,37)(H,32,38)(H,33,34,36)/b6-5+/t23-,24+,25+/m1/s1. The zero-order valence-corrected chi connectivity index (χ0v) is 23.1. The van der Waals surface area contributed by atoms with Crippen LogP contribution in [0.25, 0.3) is 0 Å². The van der Waals surface area contributed by atoms with E-state index in [0.717, 1.165) is 12.0 Å². The van der Waals surface area contributed by atoms with Crippen LogP contribution in [0.1, 0.15) is 43.4 Å². The molecule has 10 heteroatoms. The summed E-state index contributed by atoms with van der Waals surface area (Å²) in [6.07, 6.45) is 8.02. The van der Waals surface area contributed by atoms with Crippen LogP contribution in [0.3, 0.4) is 0 Å². The highest BCUT2D eigenvalue weighted by molar-refractivity contribution is 5.91. The van der Waals surface area contributed by atoms with Gasteiger partial charge in [-0.25, -0.2) is 0 Å². The first kappa shape index (κ1) is 28.0. The molecule has 3 atom stereocenters. The first-order valence-corrected chi connectivity index (χ1v) is 14.2. The lowest BCUT2D eigenvalue weighted by Crippen LogP contribution is -2.58. The van der Waals surface area contributed by atoms with Gasteiger partial charge in [-0.3, -0.25) is 19.3 Å². The van der Waals surface area contributed by atoms with Crippen molar-refractivity contribution in [3.8, 4) is 0 Å². The normalized spacial score (nSPS) is 26.5. The van der Waals surface area contributed by atoms with Crippen molar-refractivity contribution >= 4 is 23.5 Å². The number of fused-ring (bicyclic) bond motifs is 1. The Morgan fingerprint density at radius 2 is 1.95 bits per heavy atom. The number of ether oxygens (including phenoxy) is 1. The molecule has 0 unspecified atom stereocenters. The number of nitrogens with zero attached hydrogens (tertiary/aromatic N) is 2. The van der Waals surface area contributed by atoms with E-state index < -0.39 is 11.5 Å². The molecular weight excluding hydrogens is 510 g/mol. The fraction of sp³-hybridized carbons (Fsp3) is 0.533. The maximum atomic E-state index is 13.7. The lowest BCUT2D eigenvalue weighted by atomic mass is 9.75. The Hall–Kier alpha value is -3.50. The maximum Gasteiger partial charge on any atom is 0.243 e. The van der Waals surface area contributed by atoms with Gasteiger partial charge in [0.2, 0.25) is 17.7 Å². The van der Waals surface area contributed by atoms with Gasteiger partial charge in [0, 0.05) is 44.8 Å². The number of hydrogen-bond acceptors (Lipinski definition) is 7. The largest absolute Gasteiger partial charge is 0.381 e. The van der Waals surface area contributed by atoms with Gasteiger partial charge >= 0.3 is 0 Å². The monoisotopic (exact) mass is 549 g/mol. The van der Waals surface area contributed by atoms with Gasteiger partial charge in [-0.1, -0.05) is 47.6 Å². The minimum absolute atomic E-state index is 0.0544. The number of nitrogens with one attached hydrogen (secondary N) is 3. The van der Waals surface area contributed by atoms with Crippen LogP contribution in [-0.2, 0) is 25.5 Å². The van der Waals surface area contributed by atoms with Crippen LogP contribution < -0.4 is 16.0 Å². The molecule has 2 aromatic rings. The highest BCUT2D eigenvalue weighted by Gasteiger charge is 2.41. The predicted molar refractivity (Wildman–Crippen MR) is 149 cm³/mol. The van der Waals surface area contributed by atoms with Crippen LogP contribution in [0.5, 0.6) is 0 Å². The number of benzene rings is 1. The van der Waals surface area contributed by atoms with Gasteiger partial charge in [0.25, 0.3) is 0 Å². The summed E-state index contributed by atoms with van der Waals surface area (Å²) in [6.45, 7) is 4.44. The average molecular weight is 550 g/mol. The maximum absolute atomic E-state index is 13.7. The molecule has 0 radical (unpaired) electrons. The number of piperidine rings is 1. The summed E-state index contributed by atoms with van der Waals surface area (Å²) in [6, 6.07) is 10.8. The third-order valence-electron chi connectivity index (χ3n) is 8.36. The van der Waals surface area contributed by atoms with Crippen molar-refractivity contribution in [2.45, 2.75) is 57.5 Å². The van der Waals surface area contributed by atoms with Gasteiger partial charge in [0.1, 0.15) is 11.8 Å². The van der Waals surface area contributed by atoms with Crippen LogP contribution in [-0.4, -0.2) is 72.7 Å². The Morgan fingerprint density at radius 1 is 1.15 bits per heavy atom. The Morgan fingerprint density at radius 3 is 2.70 bits per heavy atom. The van der Waals surface area contributed by atoms with Crippen molar-refractivity contribution in [2.24, 2.45) is 11.3 Å². The fourth-order valence-corrected chi connectivity index (χ4v) is 6.01. The number of allylic oxidation sites excluding steroid dienone is 2. The third-order valence-corrected chi connectivity index (χ3v) is 8.36. The smallest absolute Gasteiger partial charge is 0.243 e. The molecule has 1 aromatic heterocycles. The van der Waals surface area contributed by atoms with E-state index in [1.54, 1.807) is 13.0 Å². The number of anilines is 1. The van der Waals surface area contributed by atoms with Gasteiger partial charge < -0.3 is 25.2 Å². The zero-order chi connectivity index (χ0) is 28.0. The van der Waals surface area contributed by atoms with Gasteiger partial charge in [-0.15, -0.1) is 0 Å². The van der Waals surface area contributed by atoms with E-state index in [1.807, 2.05) is 30.3 Å². The van der Waals surface area contributed by atoms with E-state index in [-0.39, 0.29) is 36.2 Å². The highest BCUT2D eigenvalue weighted by Crippen LogP contribution is 2.36. The van der Waals surface area contributed by atoms with E-state index in [2.05, 4.69) is 38.2 Å². The van der Waals surface area contributed by atoms with Crippen molar-refractivity contribution in [2.75, 3.05) is 38.2 Å². The average Bonchev–Trinajstić information content (AvgIpc) is 3.36. The van der Waals surface area contributed by atoms with Gasteiger partial charge in [0.05, 0.1) is 12.0 Å². The number of aromatic nitrogens is 1. The number of aryl methyl sites for hydroxylation is 1. The molecule has 4 heterocycles. The Balaban J connectivity index is 1.32. The highest BCUT2D eigenvalue weighted by atomic mass is 16.5. The topological polar surface area (TPSA) is 126 Å². The molecule has 2 saturated heterocycles. The molecule has 0 saturated carbocycles. The predicted octanol–water partition coefficient (Wildman–Crippen LogP) is 2.60. The molecule has 3 N–H and O–H groups in total. The quantitative estimate of drug-likeness (QED) is 0.490. The summed E-state index contributed by atoms with van der Waals surface area (Å²) in [5.74, 6) is 0.799. The molecule has 1 spiro atoms. The van der Waals surface area contributed by atoms with E-state index in [9.17, 15) is 14.4 Å². The molecule has 40 heavy (non-hydrogen) atoms.